The van der Waals surface area contributed by atoms with Crippen LogP contribution in [0.2, 0.25) is 5.02 Å². The van der Waals surface area contributed by atoms with E-state index in [0.717, 1.165) is 18.6 Å². The molecule has 0 spiro atoms. The Morgan fingerprint density at radius 1 is 1.50 bits per heavy atom. The maximum Gasteiger partial charge on any atom is 0.137 e. The van der Waals surface area contributed by atoms with Gasteiger partial charge in [-0.25, -0.2) is 0 Å². The predicted octanol–water partition coefficient (Wildman–Crippen LogP) is 3.67. The fourth-order valence-electron chi connectivity index (χ4n) is 2.02. The monoisotopic (exact) mass is 260 g/mol. The fraction of sp³-hybridized carbons (Fsp3) is 0.500. The van der Waals surface area contributed by atoms with E-state index < -0.39 is 0 Å². The highest BCUT2D eigenvalue weighted by Gasteiger charge is 2.29. The topological polar surface area (TPSA) is 18.5 Å². The van der Waals surface area contributed by atoms with E-state index in [2.05, 4.69) is 0 Å². The van der Waals surface area contributed by atoms with Gasteiger partial charge in [0.2, 0.25) is 0 Å². The summed E-state index contributed by atoms with van der Waals surface area (Å²) in [4.78, 5) is 0. The van der Waals surface area contributed by atoms with Gasteiger partial charge in [-0.15, -0.1) is 11.6 Å². The Balaban J connectivity index is 2.23. The summed E-state index contributed by atoms with van der Waals surface area (Å²) in [6, 6.07) is 5.75. The second-order valence-electron chi connectivity index (χ2n) is 3.89. The molecule has 2 atom stereocenters. The molecule has 0 aliphatic carbocycles. The Hall–Kier alpha value is -0.440. The van der Waals surface area contributed by atoms with Crippen LogP contribution in [0.5, 0.6) is 5.75 Å². The van der Waals surface area contributed by atoms with Crippen molar-refractivity contribution >= 4 is 23.2 Å². The zero-order valence-electron chi connectivity index (χ0n) is 9.08. The molecule has 1 heterocycles. The van der Waals surface area contributed by atoms with E-state index in [9.17, 15) is 0 Å². The highest BCUT2D eigenvalue weighted by Crippen LogP contribution is 2.37. The largest absolute Gasteiger partial charge is 0.495 e. The summed E-state index contributed by atoms with van der Waals surface area (Å²) in [7, 11) is 1.61. The van der Waals surface area contributed by atoms with Crippen molar-refractivity contribution in [1.29, 1.82) is 0 Å². The number of methoxy groups -OCH3 is 1. The molecule has 1 saturated heterocycles. The molecule has 1 fully saturated rings. The summed E-state index contributed by atoms with van der Waals surface area (Å²) in [6.07, 6.45) is 1.08. The first-order chi connectivity index (χ1) is 7.76. The van der Waals surface area contributed by atoms with E-state index >= 15 is 0 Å². The number of alkyl halides is 1. The van der Waals surface area contributed by atoms with Crippen molar-refractivity contribution in [2.75, 3.05) is 19.6 Å². The van der Waals surface area contributed by atoms with Crippen LogP contribution in [0.3, 0.4) is 0 Å². The molecule has 1 aliphatic rings. The molecule has 0 N–H and O–H groups in total. The summed E-state index contributed by atoms with van der Waals surface area (Å²) >= 11 is 12.0. The number of halogens is 2. The van der Waals surface area contributed by atoms with Gasteiger partial charge in [0.25, 0.3) is 0 Å². The fourth-order valence-corrected chi connectivity index (χ4v) is 2.60. The van der Waals surface area contributed by atoms with Gasteiger partial charge in [0, 0.05) is 18.4 Å². The first-order valence-corrected chi connectivity index (χ1v) is 6.18. The Morgan fingerprint density at radius 2 is 2.31 bits per heavy atom. The zero-order chi connectivity index (χ0) is 11.5. The van der Waals surface area contributed by atoms with Crippen molar-refractivity contribution in [3.8, 4) is 5.75 Å². The van der Waals surface area contributed by atoms with Crippen molar-refractivity contribution < 1.29 is 9.47 Å². The SMILES string of the molecule is COc1ccc(C2OCCC2CCl)cc1Cl. The summed E-state index contributed by atoms with van der Waals surface area (Å²) < 4.78 is 10.8. The number of ether oxygens (including phenoxy) is 2. The molecular weight excluding hydrogens is 247 g/mol. The van der Waals surface area contributed by atoms with Crippen LogP contribution in [0.25, 0.3) is 0 Å². The molecule has 88 valence electrons. The Bertz CT molecular complexity index is 368. The van der Waals surface area contributed by atoms with Crippen LogP contribution in [-0.4, -0.2) is 19.6 Å². The van der Waals surface area contributed by atoms with Gasteiger partial charge in [-0.05, 0) is 24.1 Å². The van der Waals surface area contributed by atoms with Crippen LogP contribution in [-0.2, 0) is 4.74 Å². The van der Waals surface area contributed by atoms with Crippen molar-refractivity contribution in [1.82, 2.24) is 0 Å². The number of hydrogen-bond acceptors (Lipinski definition) is 2. The Kier molecular flexibility index (Phi) is 3.95. The van der Waals surface area contributed by atoms with Gasteiger partial charge in [-0.1, -0.05) is 17.7 Å². The van der Waals surface area contributed by atoms with E-state index in [1.54, 1.807) is 7.11 Å². The molecule has 16 heavy (non-hydrogen) atoms. The lowest BCUT2D eigenvalue weighted by Gasteiger charge is -2.17. The summed E-state index contributed by atoms with van der Waals surface area (Å²) in [5, 5.41) is 0.615. The molecule has 2 rings (SSSR count). The van der Waals surface area contributed by atoms with Crippen LogP contribution in [0.4, 0.5) is 0 Å². The van der Waals surface area contributed by atoms with Gasteiger partial charge >= 0.3 is 0 Å². The lowest BCUT2D eigenvalue weighted by atomic mass is 9.97. The molecule has 0 radical (unpaired) electrons. The lowest BCUT2D eigenvalue weighted by Crippen LogP contribution is -2.08. The van der Waals surface area contributed by atoms with Crippen LogP contribution >= 0.6 is 23.2 Å². The van der Waals surface area contributed by atoms with Crippen LogP contribution < -0.4 is 4.74 Å². The van der Waals surface area contributed by atoms with E-state index in [1.165, 1.54) is 0 Å². The van der Waals surface area contributed by atoms with E-state index in [0.29, 0.717) is 22.6 Å². The van der Waals surface area contributed by atoms with Crippen molar-refractivity contribution in [3.63, 3.8) is 0 Å². The molecule has 0 aromatic heterocycles. The Labute approximate surface area is 105 Å². The second kappa shape index (κ2) is 5.26. The minimum Gasteiger partial charge on any atom is -0.495 e. The molecule has 0 amide bonds. The Morgan fingerprint density at radius 3 is 2.94 bits per heavy atom. The third-order valence-corrected chi connectivity index (χ3v) is 3.61. The first kappa shape index (κ1) is 12.0. The third kappa shape index (κ3) is 2.29. The van der Waals surface area contributed by atoms with Crippen molar-refractivity contribution in [2.45, 2.75) is 12.5 Å². The molecule has 4 heteroatoms. The highest BCUT2D eigenvalue weighted by molar-refractivity contribution is 6.32. The number of benzene rings is 1. The van der Waals surface area contributed by atoms with Crippen LogP contribution in [0.15, 0.2) is 18.2 Å². The average molecular weight is 261 g/mol. The van der Waals surface area contributed by atoms with Gasteiger partial charge in [0.1, 0.15) is 5.75 Å². The van der Waals surface area contributed by atoms with E-state index in [-0.39, 0.29) is 6.10 Å². The van der Waals surface area contributed by atoms with Gasteiger partial charge in [-0.3, -0.25) is 0 Å². The normalized spacial score (nSPS) is 24.7. The van der Waals surface area contributed by atoms with E-state index in [1.807, 2.05) is 18.2 Å². The first-order valence-electron chi connectivity index (χ1n) is 5.27. The van der Waals surface area contributed by atoms with Gasteiger partial charge in [0.15, 0.2) is 0 Å². The molecule has 0 saturated carbocycles. The molecule has 1 aliphatic heterocycles. The van der Waals surface area contributed by atoms with Crippen molar-refractivity contribution in [2.24, 2.45) is 5.92 Å². The summed E-state index contributed by atoms with van der Waals surface area (Å²) in [5.41, 5.74) is 1.08. The molecule has 1 aromatic carbocycles. The second-order valence-corrected chi connectivity index (χ2v) is 4.60. The molecular formula is C12H14Cl2O2. The van der Waals surface area contributed by atoms with Crippen LogP contribution in [0.1, 0.15) is 18.1 Å². The maximum atomic E-state index is 6.09. The van der Waals surface area contributed by atoms with Crippen LogP contribution in [0, 0.1) is 5.92 Å². The zero-order valence-corrected chi connectivity index (χ0v) is 10.6. The van der Waals surface area contributed by atoms with Crippen molar-refractivity contribution in [3.05, 3.63) is 28.8 Å². The van der Waals surface area contributed by atoms with Gasteiger partial charge in [0.05, 0.1) is 18.2 Å². The smallest absolute Gasteiger partial charge is 0.137 e. The average Bonchev–Trinajstić information content (AvgIpc) is 2.77. The van der Waals surface area contributed by atoms with E-state index in [4.69, 9.17) is 32.7 Å². The molecule has 1 aromatic rings. The van der Waals surface area contributed by atoms with Gasteiger partial charge < -0.3 is 9.47 Å². The van der Waals surface area contributed by atoms with Gasteiger partial charge in [-0.2, -0.15) is 0 Å². The summed E-state index contributed by atoms with van der Waals surface area (Å²) in [6.45, 7) is 0.770. The molecule has 2 nitrogen and oxygen atoms in total. The maximum absolute atomic E-state index is 6.09. The molecule has 2 unspecified atom stereocenters. The highest BCUT2D eigenvalue weighted by atomic mass is 35.5. The predicted molar refractivity (Wildman–Crippen MR) is 65.5 cm³/mol. The standard InChI is InChI=1S/C12H14Cl2O2/c1-15-11-3-2-8(6-10(11)14)12-9(7-13)4-5-16-12/h2-3,6,9,12H,4-5,7H2,1H3. The minimum absolute atomic E-state index is 0.0703. The molecule has 0 bridgehead atoms. The summed E-state index contributed by atoms with van der Waals surface area (Å²) in [5.74, 6) is 1.69. The minimum atomic E-state index is 0.0703. The quantitative estimate of drug-likeness (QED) is 0.773. The number of rotatable bonds is 3. The lowest BCUT2D eigenvalue weighted by molar-refractivity contribution is 0.0951. The number of hydrogen-bond donors (Lipinski definition) is 0. The third-order valence-electron chi connectivity index (χ3n) is 2.92.